The molecule has 2 atom stereocenters. The molecule has 0 spiro atoms. The molecular formula is C24H32N8O4S. The Morgan fingerprint density at radius 3 is 2.73 bits per heavy atom. The number of carbonyl (C=O) groups excluding carboxylic acids is 3. The molecule has 2 aliphatic rings. The van der Waals surface area contributed by atoms with E-state index in [-0.39, 0.29) is 41.7 Å². The third kappa shape index (κ3) is 6.60. The number of rotatable bonds is 11. The lowest BCUT2D eigenvalue weighted by Crippen LogP contribution is -2.47. The lowest BCUT2D eigenvalue weighted by molar-refractivity contribution is -0.122. The van der Waals surface area contributed by atoms with Crippen LogP contribution in [0.4, 0.5) is 5.69 Å². The van der Waals surface area contributed by atoms with E-state index in [4.69, 9.17) is 11.5 Å². The Bertz CT molecular complexity index is 1220. The highest BCUT2D eigenvalue weighted by Crippen LogP contribution is 2.48. The number of aromatic nitrogens is 2. The van der Waals surface area contributed by atoms with Gasteiger partial charge < -0.3 is 32.0 Å². The molecule has 198 valence electrons. The number of ketones is 1. The lowest BCUT2D eigenvalue weighted by Gasteiger charge is -2.22. The Hall–Kier alpha value is -3.58. The van der Waals surface area contributed by atoms with Crippen molar-refractivity contribution in [2.45, 2.75) is 44.2 Å². The van der Waals surface area contributed by atoms with Gasteiger partial charge in [-0.3, -0.25) is 24.2 Å². The summed E-state index contributed by atoms with van der Waals surface area (Å²) < 4.78 is 1.22. The summed E-state index contributed by atoms with van der Waals surface area (Å²) in [4.78, 5) is 59.7. The van der Waals surface area contributed by atoms with Crippen molar-refractivity contribution < 1.29 is 14.4 Å². The quantitative estimate of drug-likeness (QED) is 0.154. The Morgan fingerprint density at radius 2 is 2.03 bits per heavy atom. The number of anilines is 1. The van der Waals surface area contributed by atoms with Gasteiger partial charge in [0.25, 0.3) is 5.56 Å². The van der Waals surface area contributed by atoms with Crippen LogP contribution in [-0.4, -0.2) is 58.3 Å². The van der Waals surface area contributed by atoms with E-state index >= 15 is 0 Å². The van der Waals surface area contributed by atoms with Crippen LogP contribution in [-0.2, 0) is 16.1 Å². The number of nitrogens with zero attached hydrogens (tertiary/aromatic N) is 3. The van der Waals surface area contributed by atoms with Crippen molar-refractivity contribution in [2.24, 2.45) is 28.3 Å². The summed E-state index contributed by atoms with van der Waals surface area (Å²) in [7, 11) is 0. The number of pyridine rings is 1. The Balaban J connectivity index is 1.41. The van der Waals surface area contributed by atoms with Crippen LogP contribution in [0.5, 0.6) is 0 Å². The zero-order valence-electron chi connectivity index (χ0n) is 20.4. The van der Waals surface area contributed by atoms with Gasteiger partial charge in [0.05, 0.1) is 0 Å². The first-order valence-corrected chi connectivity index (χ1v) is 13.2. The number of thiazole rings is 1. The highest BCUT2D eigenvalue weighted by Gasteiger charge is 2.61. The van der Waals surface area contributed by atoms with Crippen molar-refractivity contribution in [1.29, 1.82) is 0 Å². The molecule has 12 nitrogen and oxygen atoms in total. The molecular weight excluding hydrogens is 496 g/mol. The number of carbonyl (C=O) groups is 3. The van der Waals surface area contributed by atoms with Crippen molar-refractivity contribution in [2.75, 3.05) is 25.0 Å². The number of nitrogens with one attached hydrogen (secondary N) is 3. The first kappa shape index (κ1) is 26.5. The number of guanidine groups is 1. The fraction of sp³-hybridized carbons (Fsp3) is 0.500. The van der Waals surface area contributed by atoms with E-state index in [1.165, 1.54) is 34.4 Å². The van der Waals surface area contributed by atoms with Crippen molar-refractivity contribution in [3.05, 3.63) is 45.3 Å². The predicted molar refractivity (Wildman–Crippen MR) is 140 cm³/mol. The highest BCUT2D eigenvalue weighted by molar-refractivity contribution is 7.11. The standard InChI is InChI=1S/C24H32N8O4S/c25-23(26)29-8-5-16-13-24(16,20(35)21-28-9-11-37-21)31-19(34)14-32-10-1-2-17(22(32)36)30-18(33)12-15-3-6-27-7-4-15/h1-2,9-11,15-16,27H,3-8,12-14H2,(H,30,33)(H,31,34)(H4,25,26,29)/t16-,24-/m1/s1. The summed E-state index contributed by atoms with van der Waals surface area (Å²) in [6.45, 7) is 1.79. The Labute approximate surface area is 217 Å². The molecule has 0 radical (unpaired) electrons. The highest BCUT2D eigenvalue weighted by atomic mass is 32.1. The number of aliphatic imine (C=N–C) groups is 1. The zero-order valence-corrected chi connectivity index (χ0v) is 21.3. The molecule has 3 heterocycles. The summed E-state index contributed by atoms with van der Waals surface area (Å²) in [5, 5.41) is 10.8. The van der Waals surface area contributed by atoms with Gasteiger partial charge in [0.2, 0.25) is 17.6 Å². The molecule has 0 bridgehead atoms. The maximum Gasteiger partial charge on any atom is 0.274 e. The largest absolute Gasteiger partial charge is 0.370 e. The van der Waals surface area contributed by atoms with Gasteiger partial charge in [-0.25, -0.2) is 4.98 Å². The number of nitrogens with two attached hydrogens (primary N) is 2. The number of hydrogen-bond acceptors (Lipinski definition) is 8. The van der Waals surface area contributed by atoms with Crippen LogP contribution in [0, 0.1) is 11.8 Å². The average Bonchev–Trinajstić information content (AvgIpc) is 3.27. The van der Waals surface area contributed by atoms with Gasteiger partial charge in [0.1, 0.15) is 17.8 Å². The Morgan fingerprint density at radius 1 is 1.24 bits per heavy atom. The van der Waals surface area contributed by atoms with Crippen LogP contribution in [0.25, 0.3) is 0 Å². The van der Waals surface area contributed by atoms with Gasteiger partial charge >= 0.3 is 0 Å². The van der Waals surface area contributed by atoms with Crippen molar-refractivity contribution in [3.8, 4) is 0 Å². The minimum absolute atomic E-state index is 0.0383. The summed E-state index contributed by atoms with van der Waals surface area (Å²) >= 11 is 1.20. The molecule has 1 saturated carbocycles. The van der Waals surface area contributed by atoms with E-state index in [0.29, 0.717) is 30.8 Å². The fourth-order valence-corrected chi connectivity index (χ4v) is 5.45. The fourth-order valence-electron chi connectivity index (χ4n) is 4.79. The molecule has 2 aromatic rings. The van der Waals surface area contributed by atoms with Crippen molar-refractivity contribution in [3.63, 3.8) is 0 Å². The van der Waals surface area contributed by atoms with Gasteiger partial charge in [0, 0.05) is 30.7 Å². The molecule has 4 rings (SSSR count). The summed E-state index contributed by atoms with van der Waals surface area (Å²) in [6.07, 6.45) is 6.13. The van der Waals surface area contributed by atoms with Gasteiger partial charge in [0.15, 0.2) is 11.0 Å². The molecule has 7 N–H and O–H groups in total. The van der Waals surface area contributed by atoms with Crippen LogP contribution in [0.2, 0.25) is 0 Å². The molecule has 37 heavy (non-hydrogen) atoms. The zero-order chi connectivity index (χ0) is 26.4. The van der Waals surface area contributed by atoms with Crippen LogP contribution in [0.1, 0.15) is 41.9 Å². The first-order valence-electron chi connectivity index (χ1n) is 12.3. The predicted octanol–water partition coefficient (Wildman–Crippen LogP) is 0.0543. The second-order valence-electron chi connectivity index (χ2n) is 9.48. The summed E-state index contributed by atoms with van der Waals surface area (Å²) in [6, 6.07) is 3.12. The summed E-state index contributed by atoms with van der Waals surface area (Å²) in [5.41, 5.74) is 9.30. The van der Waals surface area contributed by atoms with Crippen LogP contribution >= 0.6 is 11.3 Å². The third-order valence-corrected chi connectivity index (χ3v) is 7.58. The van der Waals surface area contributed by atoms with Crippen LogP contribution in [0.15, 0.2) is 39.7 Å². The second-order valence-corrected chi connectivity index (χ2v) is 10.4. The molecule has 2 amide bonds. The molecule has 2 fully saturated rings. The third-order valence-electron chi connectivity index (χ3n) is 6.81. The monoisotopic (exact) mass is 528 g/mol. The van der Waals surface area contributed by atoms with E-state index < -0.39 is 17.0 Å². The molecule has 13 heteroatoms. The van der Waals surface area contributed by atoms with Gasteiger partial charge in [-0.15, -0.1) is 11.3 Å². The average molecular weight is 529 g/mol. The molecule has 0 aromatic carbocycles. The Kier molecular flexibility index (Phi) is 8.34. The molecule has 0 unspecified atom stereocenters. The summed E-state index contributed by atoms with van der Waals surface area (Å²) in [5.74, 6) is -0.896. The number of hydrogen-bond donors (Lipinski definition) is 5. The minimum atomic E-state index is -1.11. The molecule has 1 aliphatic heterocycles. The van der Waals surface area contributed by atoms with Crippen molar-refractivity contribution in [1.82, 2.24) is 20.2 Å². The second kappa shape index (κ2) is 11.6. The lowest BCUT2D eigenvalue weighted by atomic mass is 9.94. The van der Waals surface area contributed by atoms with Crippen LogP contribution in [0.3, 0.4) is 0 Å². The van der Waals surface area contributed by atoms with Crippen LogP contribution < -0.4 is 33.0 Å². The molecule has 2 aromatic heterocycles. The van der Waals surface area contributed by atoms with E-state index in [1.54, 1.807) is 11.4 Å². The maximum atomic E-state index is 13.2. The number of amides is 2. The van der Waals surface area contributed by atoms with Gasteiger partial charge in [-0.05, 0) is 62.7 Å². The normalized spacial score (nSPS) is 21.1. The topological polar surface area (TPSA) is 187 Å². The number of Topliss-reactive ketones (excluding diaryl/α,β-unsaturated/α-hetero) is 1. The van der Waals surface area contributed by atoms with Crippen molar-refractivity contribution >= 4 is 40.6 Å². The van der Waals surface area contributed by atoms with Gasteiger partial charge in [-0.1, -0.05) is 0 Å². The van der Waals surface area contributed by atoms with Gasteiger partial charge in [-0.2, -0.15) is 0 Å². The van der Waals surface area contributed by atoms with E-state index in [1.807, 2.05) is 0 Å². The number of piperidine rings is 1. The minimum Gasteiger partial charge on any atom is -0.370 e. The van der Waals surface area contributed by atoms with E-state index in [0.717, 1.165) is 25.9 Å². The SMILES string of the molecule is NC(N)=NCC[C@@H]1C[C@]1(NC(=O)Cn1cccc(NC(=O)CC2CCNCC2)c1=O)C(=O)c1nccs1. The smallest absolute Gasteiger partial charge is 0.274 e. The molecule has 1 saturated heterocycles. The maximum absolute atomic E-state index is 13.2. The first-order chi connectivity index (χ1) is 17.8. The van der Waals surface area contributed by atoms with E-state index in [2.05, 4.69) is 25.9 Å². The van der Waals surface area contributed by atoms with E-state index in [9.17, 15) is 19.2 Å². The molecule has 1 aliphatic carbocycles.